The highest BCUT2D eigenvalue weighted by atomic mass is 32.1. The van der Waals surface area contributed by atoms with E-state index in [1.165, 1.54) is 4.90 Å². The summed E-state index contributed by atoms with van der Waals surface area (Å²) in [6.45, 7) is 7.71. The minimum absolute atomic E-state index is 0.0240. The maximum absolute atomic E-state index is 13.3. The average molecular weight is 491 g/mol. The number of aliphatic hydroxyl groups excluding tert-OH is 1. The number of benzene rings is 2. The zero-order valence-corrected chi connectivity index (χ0v) is 20.8. The van der Waals surface area contributed by atoms with E-state index in [9.17, 15) is 19.5 Å². The van der Waals surface area contributed by atoms with Gasteiger partial charge in [0.05, 0.1) is 23.9 Å². The van der Waals surface area contributed by atoms with E-state index in [2.05, 4.69) is 18.8 Å². The predicted molar refractivity (Wildman–Crippen MR) is 135 cm³/mol. The van der Waals surface area contributed by atoms with E-state index in [1.807, 2.05) is 24.3 Å². The molecular weight excluding hydrogens is 464 g/mol. The van der Waals surface area contributed by atoms with Crippen LogP contribution >= 0.6 is 11.3 Å². The van der Waals surface area contributed by atoms with E-state index in [0.717, 1.165) is 16.9 Å². The number of amides is 1. The number of anilines is 1. The van der Waals surface area contributed by atoms with Gasteiger partial charge in [-0.3, -0.25) is 14.5 Å². The number of carbonyl (C=O) groups excluding carboxylic acids is 3. The Morgan fingerprint density at radius 2 is 1.77 bits per heavy atom. The van der Waals surface area contributed by atoms with Crippen molar-refractivity contribution in [2.45, 2.75) is 39.7 Å². The molecule has 0 aliphatic carbocycles. The fourth-order valence-corrected chi connectivity index (χ4v) is 5.02. The number of thiazole rings is 1. The van der Waals surface area contributed by atoms with Crippen LogP contribution in [0, 0.1) is 6.92 Å². The zero-order valence-electron chi connectivity index (χ0n) is 19.9. The SMILES string of the molecule is CCOC(=O)c1sc(N2C(=O)C(=O)/C(=C(/O)c3ccccc3)[C@@H]2c2ccc(C(C)C)cc2)nc1C. The topological polar surface area (TPSA) is 96.8 Å². The minimum Gasteiger partial charge on any atom is -0.507 e. The Bertz CT molecular complexity index is 1310. The first-order chi connectivity index (χ1) is 16.7. The van der Waals surface area contributed by atoms with E-state index >= 15 is 0 Å². The van der Waals surface area contributed by atoms with Crippen LogP contribution in [-0.4, -0.2) is 34.4 Å². The molecule has 3 aromatic rings. The molecule has 0 bridgehead atoms. The van der Waals surface area contributed by atoms with E-state index in [1.54, 1.807) is 44.2 Å². The Labute approximate surface area is 207 Å². The molecule has 2 heterocycles. The summed E-state index contributed by atoms with van der Waals surface area (Å²) in [5.41, 5.74) is 2.56. The highest BCUT2D eigenvalue weighted by Gasteiger charge is 2.48. The van der Waals surface area contributed by atoms with E-state index in [4.69, 9.17) is 4.74 Å². The van der Waals surface area contributed by atoms with Crippen molar-refractivity contribution in [1.82, 2.24) is 4.98 Å². The van der Waals surface area contributed by atoms with Crippen LogP contribution in [0.15, 0.2) is 60.2 Å². The number of ketones is 1. The number of carbonyl (C=O) groups is 3. The number of aryl methyl sites for hydroxylation is 1. The second-order valence-corrected chi connectivity index (χ2v) is 9.47. The summed E-state index contributed by atoms with van der Waals surface area (Å²) in [5.74, 6) is -2.12. The van der Waals surface area contributed by atoms with Gasteiger partial charge in [-0.05, 0) is 30.9 Å². The number of aliphatic hydroxyl groups is 1. The summed E-state index contributed by atoms with van der Waals surface area (Å²) in [6.07, 6.45) is 0. The van der Waals surface area contributed by atoms with Crippen molar-refractivity contribution in [3.8, 4) is 0 Å². The summed E-state index contributed by atoms with van der Waals surface area (Å²) in [4.78, 5) is 44.9. The highest BCUT2D eigenvalue weighted by Crippen LogP contribution is 2.44. The normalized spacial score (nSPS) is 17.3. The van der Waals surface area contributed by atoms with Gasteiger partial charge in [-0.1, -0.05) is 79.8 Å². The molecule has 1 aliphatic rings. The van der Waals surface area contributed by atoms with Gasteiger partial charge in [-0.2, -0.15) is 0 Å². The summed E-state index contributed by atoms with van der Waals surface area (Å²) < 4.78 is 5.11. The van der Waals surface area contributed by atoms with Crippen LogP contribution in [0.1, 0.15) is 64.8 Å². The third-order valence-corrected chi connectivity index (χ3v) is 7.00. The van der Waals surface area contributed by atoms with Crippen LogP contribution in [0.5, 0.6) is 0 Å². The quantitative estimate of drug-likeness (QED) is 0.216. The molecule has 1 amide bonds. The van der Waals surface area contributed by atoms with Crippen molar-refractivity contribution in [3.63, 3.8) is 0 Å². The lowest BCUT2D eigenvalue weighted by Crippen LogP contribution is -2.29. The van der Waals surface area contributed by atoms with Gasteiger partial charge in [0.25, 0.3) is 5.78 Å². The molecular formula is C27H26N2O5S. The largest absolute Gasteiger partial charge is 0.507 e. The molecule has 1 fully saturated rings. The molecule has 1 aromatic heterocycles. The van der Waals surface area contributed by atoms with Crippen LogP contribution in [0.25, 0.3) is 5.76 Å². The molecule has 1 atom stereocenters. The fourth-order valence-electron chi connectivity index (χ4n) is 4.03. The second kappa shape index (κ2) is 9.84. The van der Waals surface area contributed by atoms with E-state index in [0.29, 0.717) is 22.7 Å². The van der Waals surface area contributed by atoms with Crippen LogP contribution in [0.2, 0.25) is 0 Å². The van der Waals surface area contributed by atoms with Crippen LogP contribution in [0.4, 0.5) is 5.13 Å². The van der Waals surface area contributed by atoms with Gasteiger partial charge < -0.3 is 9.84 Å². The smallest absolute Gasteiger partial charge is 0.350 e. The maximum atomic E-state index is 13.3. The summed E-state index contributed by atoms with van der Waals surface area (Å²) in [7, 11) is 0. The Morgan fingerprint density at radius 3 is 2.37 bits per heavy atom. The highest BCUT2D eigenvalue weighted by molar-refractivity contribution is 7.17. The predicted octanol–water partition coefficient (Wildman–Crippen LogP) is 5.38. The van der Waals surface area contributed by atoms with Gasteiger partial charge in [-0.15, -0.1) is 0 Å². The molecule has 35 heavy (non-hydrogen) atoms. The summed E-state index contributed by atoms with van der Waals surface area (Å²) in [6, 6.07) is 15.3. The third-order valence-electron chi connectivity index (χ3n) is 5.86. The average Bonchev–Trinajstić information content (AvgIpc) is 3.36. The third kappa shape index (κ3) is 4.49. The van der Waals surface area contributed by atoms with Gasteiger partial charge in [0.2, 0.25) is 0 Å². The first-order valence-electron chi connectivity index (χ1n) is 11.3. The number of rotatable bonds is 6. The van der Waals surface area contributed by atoms with Gasteiger partial charge in [0.15, 0.2) is 5.13 Å². The Kier molecular flexibility index (Phi) is 6.84. The van der Waals surface area contributed by atoms with Crippen LogP contribution in [-0.2, 0) is 14.3 Å². The number of aromatic nitrogens is 1. The molecule has 1 saturated heterocycles. The molecule has 0 radical (unpaired) electrons. The Balaban J connectivity index is 1.90. The van der Waals surface area contributed by atoms with Crippen LogP contribution < -0.4 is 4.90 Å². The summed E-state index contributed by atoms with van der Waals surface area (Å²) >= 11 is 0.990. The number of hydrogen-bond acceptors (Lipinski definition) is 7. The maximum Gasteiger partial charge on any atom is 0.350 e. The van der Waals surface area contributed by atoms with Gasteiger partial charge in [0, 0.05) is 5.56 Å². The molecule has 0 saturated carbocycles. The molecule has 4 rings (SSSR count). The lowest BCUT2D eigenvalue weighted by atomic mass is 9.93. The van der Waals surface area contributed by atoms with Crippen molar-refractivity contribution in [1.29, 1.82) is 0 Å². The molecule has 1 N–H and O–H groups in total. The molecule has 1 aliphatic heterocycles. The van der Waals surface area contributed by atoms with Gasteiger partial charge >= 0.3 is 11.9 Å². The monoisotopic (exact) mass is 490 g/mol. The lowest BCUT2D eigenvalue weighted by molar-refractivity contribution is -0.132. The molecule has 8 heteroatoms. The van der Waals surface area contributed by atoms with Gasteiger partial charge in [-0.25, -0.2) is 9.78 Å². The van der Waals surface area contributed by atoms with Crippen molar-refractivity contribution in [2.24, 2.45) is 0 Å². The van der Waals surface area contributed by atoms with E-state index in [-0.39, 0.29) is 27.9 Å². The zero-order chi connectivity index (χ0) is 25.3. The minimum atomic E-state index is -0.906. The standard InChI is InChI=1S/C27H26N2O5S/c1-5-34-26(33)24-16(4)28-27(35-24)29-21(18-13-11-17(12-14-18)15(2)3)20(23(31)25(29)32)22(30)19-9-7-6-8-10-19/h6-15,21,30H,5H2,1-4H3/b22-20+/t21-/m0/s1. The first kappa shape index (κ1) is 24.3. The van der Waals surface area contributed by atoms with Crippen molar-refractivity contribution in [3.05, 3.63) is 87.4 Å². The van der Waals surface area contributed by atoms with Crippen molar-refractivity contribution in [2.75, 3.05) is 11.5 Å². The number of Topliss-reactive ketones (excluding diaryl/α,β-unsaturated/α-hetero) is 1. The van der Waals surface area contributed by atoms with E-state index < -0.39 is 23.7 Å². The van der Waals surface area contributed by atoms with Crippen molar-refractivity contribution < 1.29 is 24.2 Å². The number of esters is 1. The molecule has 0 spiro atoms. The second-order valence-electron chi connectivity index (χ2n) is 8.49. The molecule has 2 aromatic carbocycles. The number of hydrogen-bond donors (Lipinski definition) is 1. The molecule has 0 unspecified atom stereocenters. The van der Waals surface area contributed by atoms with Gasteiger partial charge in [0.1, 0.15) is 10.6 Å². The fraction of sp³-hybridized carbons (Fsp3) is 0.259. The number of ether oxygens (including phenoxy) is 1. The molecule has 7 nitrogen and oxygen atoms in total. The summed E-state index contributed by atoms with van der Waals surface area (Å²) in [5, 5.41) is 11.3. The molecule has 180 valence electrons. The van der Waals surface area contributed by atoms with Crippen molar-refractivity contribution >= 4 is 39.9 Å². The number of nitrogens with zero attached hydrogens (tertiary/aromatic N) is 2. The Morgan fingerprint density at radius 1 is 1.11 bits per heavy atom. The van der Waals surface area contributed by atoms with Crippen LogP contribution in [0.3, 0.4) is 0 Å². The first-order valence-corrected chi connectivity index (χ1v) is 12.2. The Hall–Kier alpha value is -3.78. The lowest BCUT2D eigenvalue weighted by Gasteiger charge is -2.23.